The van der Waals surface area contributed by atoms with E-state index in [0.717, 1.165) is 22.3 Å². The van der Waals surface area contributed by atoms with Gasteiger partial charge in [0, 0.05) is 18.9 Å². The molecule has 118 heavy (non-hydrogen) atoms. The molecule has 10 atom stereocenters. The minimum absolute atomic E-state index is 0.0115. The predicted octanol–water partition coefficient (Wildman–Crippen LogP) is 8.87. The fourth-order valence-corrected chi connectivity index (χ4v) is 13.7. The summed E-state index contributed by atoms with van der Waals surface area (Å²) in [5, 5.41) is 40.1. The van der Waals surface area contributed by atoms with Crippen molar-refractivity contribution in [3.8, 4) is 11.1 Å². The second-order valence-electron chi connectivity index (χ2n) is 33.2. The molecular weight excluding hydrogens is 1510 g/mol. The van der Waals surface area contributed by atoms with Crippen LogP contribution in [0.15, 0.2) is 140 Å². The summed E-state index contributed by atoms with van der Waals surface area (Å²) in [5.74, 6) is -11.9. The Balaban J connectivity index is 1.23. The molecule has 14 N–H and O–H groups in total. The van der Waals surface area contributed by atoms with Gasteiger partial charge in [-0.2, -0.15) is 0 Å². The number of carbonyl (C=O) groups is 13. The molecule has 0 unspecified atom stereocenters. The Morgan fingerprint density at radius 2 is 0.898 bits per heavy atom. The zero-order valence-electron chi connectivity index (χ0n) is 70.9. The van der Waals surface area contributed by atoms with Crippen molar-refractivity contribution >= 4 is 77.3 Å². The summed E-state index contributed by atoms with van der Waals surface area (Å²) in [6, 6.07) is 31.6. The van der Waals surface area contributed by atoms with Crippen molar-refractivity contribution in [1.82, 2.24) is 58.5 Å². The van der Waals surface area contributed by atoms with E-state index >= 15 is 9.59 Å². The van der Waals surface area contributed by atoms with Gasteiger partial charge >= 0.3 is 24.1 Å². The molecule has 0 spiro atoms. The van der Waals surface area contributed by atoms with Gasteiger partial charge in [0.05, 0.1) is 6.42 Å². The van der Waals surface area contributed by atoms with E-state index in [1.165, 1.54) is 20.8 Å². The van der Waals surface area contributed by atoms with E-state index in [4.69, 9.17) is 19.9 Å². The molecule has 0 bridgehead atoms. The lowest BCUT2D eigenvalue weighted by Crippen LogP contribution is -2.63. The molecule has 0 fully saturated rings. The van der Waals surface area contributed by atoms with Gasteiger partial charge in [-0.3, -0.25) is 47.9 Å². The van der Waals surface area contributed by atoms with Crippen LogP contribution in [0.25, 0.3) is 11.1 Å². The molecule has 0 saturated carbocycles. The quantitative estimate of drug-likeness (QED) is 0.00749. The fourth-order valence-electron chi connectivity index (χ4n) is 13.7. The predicted molar refractivity (Wildman–Crippen MR) is 447 cm³/mol. The maximum Gasteiger partial charge on any atom is 0.407 e. The molecule has 5 aromatic carbocycles. The van der Waals surface area contributed by atoms with Crippen LogP contribution in [-0.4, -0.2) is 167 Å². The molecule has 1 aliphatic carbocycles. The van der Waals surface area contributed by atoms with Crippen molar-refractivity contribution < 1.29 is 81.6 Å². The summed E-state index contributed by atoms with van der Waals surface area (Å²) in [4.78, 5) is 185. The Morgan fingerprint density at radius 3 is 1.41 bits per heavy atom. The lowest BCUT2D eigenvalue weighted by Gasteiger charge is -2.37. The van der Waals surface area contributed by atoms with Gasteiger partial charge in [-0.25, -0.2) is 14.4 Å². The molecule has 0 aliphatic heterocycles. The topological polar surface area (TPSA) is 428 Å². The van der Waals surface area contributed by atoms with Crippen molar-refractivity contribution in [3.63, 3.8) is 0 Å². The highest BCUT2D eigenvalue weighted by atomic mass is 16.6. The molecular formula is C89H124N12O17. The highest BCUT2D eigenvalue weighted by Crippen LogP contribution is 2.45. The van der Waals surface area contributed by atoms with Crippen LogP contribution in [0.4, 0.5) is 9.59 Å². The number of benzene rings is 5. The van der Waals surface area contributed by atoms with Crippen LogP contribution in [-0.2, 0) is 72.5 Å². The average molecular weight is 1630 g/mol. The van der Waals surface area contributed by atoms with E-state index in [-0.39, 0.29) is 82.9 Å². The lowest BCUT2D eigenvalue weighted by molar-refractivity contribution is -0.156. The fraction of sp³-hybridized carbons (Fsp3) is 0.517. The highest BCUT2D eigenvalue weighted by Gasteiger charge is 2.42. The maximum absolute atomic E-state index is 15.1. The van der Waals surface area contributed by atoms with Crippen LogP contribution in [0, 0.1) is 17.8 Å². The summed E-state index contributed by atoms with van der Waals surface area (Å²) in [6.45, 7) is 24.8. The number of ether oxygens (including phenoxy) is 3. The number of alkyl carbamates (subject to hydrolysis) is 2. The van der Waals surface area contributed by atoms with Crippen molar-refractivity contribution in [2.24, 2.45) is 23.5 Å². The number of amides is 11. The van der Waals surface area contributed by atoms with E-state index < -0.39 is 166 Å². The van der Waals surface area contributed by atoms with Gasteiger partial charge < -0.3 is 83.5 Å². The Bertz CT molecular complexity index is 4080. The number of aliphatic carboxylic acids is 1. The molecule has 29 heteroatoms. The van der Waals surface area contributed by atoms with E-state index in [1.54, 1.807) is 76.2 Å². The number of rotatable bonds is 44. The second-order valence-corrected chi connectivity index (χ2v) is 33.2. The van der Waals surface area contributed by atoms with Crippen molar-refractivity contribution in [2.45, 2.75) is 257 Å². The van der Waals surface area contributed by atoms with Crippen molar-refractivity contribution in [3.05, 3.63) is 167 Å². The van der Waals surface area contributed by atoms with Crippen molar-refractivity contribution in [2.75, 3.05) is 19.7 Å². The third-order valence-electron chi connectivity index (χ3n) is 20.4. The molecule has 11 amide bonds. The molecule has 1 aliphatic rings. The third-order valence-corrected chi connectivity index (χ3v) is 20.4. The van der Waals surface area contributed by atoms with Crippen LogP contribution in [0.2, 0.25) is 0 Å². The number of unbranched alkanes of at least 4 members (excludes halogenated alkanes) is 2. The average Bonchev–Trinajstić information content (AvgIpc) is 0.963. The van der Waals surface area contributed by atoms with Gasteiger partial charge in [0.2, 0.25) is 53.2 Å². The largest absolute Gasteiger partial charge is 0.480 e. The van der Waals surface area contributed by atoms with E-state index in [0.29, 0.717) is 36.0 Å². The molecule has 29 nitrogen and oxygen atoms in total. The number of carboxylic acid groups (broad SMARTS) is 1. The standard InChI is InChI=1S/C89H124N12O17/c1-16-55(5)73(80(109)92-57(7)75(104)93-67(76(105)95-68(82(111)112)46-31-33-49-90)47-48-71(102)100-89(58-35-21-18-22-36-58,59-37-23-19-24-38-59)60-39-25-20-26-40-60)98-77(106)66(45-32-34-50-91-84(114)118-87(11,12)13)94-79(108)70(52-72(103)117-86(8,9)10)96-78(107)69(51-54(3)4)97-83(113)88(14,15)101-81(110)74(56(6)17-2)99-85(115)116-53-65-63-43-29-27-41-61(63)62-42-28-30-44-64(62)65/h18-30,35-44,54-57,65-70,73-74H,16-17,31-34,45-53,90H2,1-15H3,(H,91,114)(H,92,109)(H,93,104)(H,94,108)(H,95,105)(H,96,107)(H,97,113)(H,98,106)(H,99,115)(H,100,102)(H,101,110)(H,111,112)/t55-,56-,57-,66-,67-,68-,69-,70-,73-,74-/m0/s1. The van der Waals surface area contributed by atoms with Crippen LogP contribution < -0.4 is 64.2 Å². The van der Waals surface area contributed by atoms with Crippen LogP contribution in [0.5, 0.6) is 0 Å². The Hall–Kier alpha value is -11.2. The maximum atomic E-state index is 15.1. The molecule has 6 rings (SSSR count). The minimum Gasteiger partial charge on any atom is -0.480 e. The van der Waals surface area contributed by atoms with Gasteiger partial charge in [0.1, 0.15) is 77.2 Å². The van der Waals surface area contributed by atoms with E-state index in [1.807, 2.05) is 146 Å². The summed E-state index contributed by atoms with van der Waals surface area (Å²) in [6.07, 6.45) is -1.55. The second kappa shape index (κ2) is 44.9. The molecule has 642 valence electrons. The number of fused-ring (bicyclic) bond motifs is 3. The van der Waals surface area contributed by atoms with E-state index in [9.17, 15) is 57.8 Å². The number of carboxylic acids is 1. The number of hydrogen-bond donors (Lipinski definition) is 13. The zero-order chi connectivity index (χ0) is 87.2. The minimum atomic E-state index is -1.81. The first kappa shape index (κ1) is 95.6. The highest BCUT2D eigenvalue weighted by molar-refractivity contribution is 6.00. The number of esters is 1. The Labute approximate surface area is 693 Å². The molecule has 5 aromatic rings. The van der Waals surface area contributed by atoms with E-state index in [2.05, 4.69) is 58.5 Å². The lowest BCUT2D eigenvalue weighted by atomic mass is 9.77. The molecule has 0 aromatic heterocycles. The zero-order valence-corrected chi connectivity index (χ0v) is 70.9. The summed E-state index contributed by atoms with van der Waals surface area (Å²) >= 11 is 0. The first-order valence-corrected chi connectivity index (χ1v) is 40.9. The Morgan fingerprint density at radius 1 is 0.449 bits per heavy atom. The van der Waals surface area contributed by atoms with Gasteiger partial charge in [-0.15, -0.1) is 0 Å². The normalized spacial score (nSPS) is 14.6. The molecule has 0 heterocycles. The van der Waals surface area contributed by atoms with Gasteiger partial charge in [0.25, 0.3) is 0 Å². The van der Waals surface area contributed by atoms with Gasteiger partial charge in [-0.1, -0.05) is 194 Å². The Kier molecular flexibility index (Phi) is 36.4. The smallest absolute Gasteiger partial charge is 0.407 e. The molecule has 0 radical (unpaired) electrons. The van der Waals surface area contributed by atoms with Gasteiger partial charge in [-0.05, 0) is 177 Å². The SMILES string of the molecule is CC[C@H](C)[C@H](NC(=O)OCC1c2ccccc2-c2ccccc21)C(=O)NC(C)(C)C(=O)N[C@@H](CC(C)C)C(=O)N[C@@H](CC(=O)OC(C)(C)C)C(=O)N[C@@H](CCCCNC(=O)OC(C)(C)C)C(=O)N[C@H](C(=O)N[C@@H](C)C(=O)N[C@@H](CCC(=O)NC(c1ccccc1)(c1ccccc1)c1ccccc1)C(=O)N[C@@H](CCCCN)C(=O)O)[C@@H](C)CC. The van der Waals surface area contributed by atoms with Crippen LogP contribution in [0.1, 0.15) is 215 Å². The summed E-state index contributed by atoms with van der Waals surface area (Å²) in [7, 11) is 0. The first-order valence-electron chi connectivity index (χ1n) is 40.9. The summed E-state index contributed by atoms with van der Waals surface area (Å²) in [5.41, 5.74) is 6.92. The molecule has 0 saturated heterocycles. The number of hydrogen-bond acceptors (Lipinski definition) is 17. The monoisotopic (exact) mass is 1630 g/mol. The third kappa shape index (κ3) is 28.8. The van der Waals surface area contributed by atoms with Crippen LogP contribution >= 0.6 is 0 Å². The number of carbonyl (C=O) groups excluding carboxylic acids is 12. The van der Waals surface area contributed by atoms with Crippen LogP contribution in [0.3, 0.4) is 0 Å². The van der Waals surface area contributed by atoms with Crippen molar-refractivity contribution in [1.29, 1.82) is 0 Å². The summed E-state index contributed by atoms with van der Waals surface area (Å²) < 4.78 is 16.8. The first-order chi connectivity index (χ1) is 55.7. The number of nitrogens with two attached hydrogens (primary N) is 1. The number of nitrogens with one attached hydrogen (secondary N) is 11. The van der Waals surface area contributed by atoms with Gasteiger partial charge in [0.15, 0.2) is 0 Å².